The minimum absolute atomic E-state index is 0.802. The molecule has 0 atom stereocenters. The topological polar surface area (TPSA) is 31.4 Å². The number of methoxy groups -OCH3 is 2. The highest BCUT2D eigenvalue weighted by Crippen LogP contribution is 2.39. The van der Waals surface area contributed by atoms with Gasteiger partial charge in [0.2, 0.25) is 0 Å². The Morgan fingerprint density at radius 2 is 1.70 bits per heavy atom. The molecule has 0 bridgehead atoms. The van der Waals surface area contributed by atoms with Gasteiger partial charge in [-0.05, 0) is 36.8 Å². The molecule has 3 aromatic rings. The highest BCUT2D eigenvalue weighted by Gasteiger charge is 2.13. The van der Waals surface area contributed by atoms with E-state index in [1.165, 1.54) is 4.70 Å². The van der Waals surface area contributed by atoms with Gasteiger partial charge in [-0.2, -0.15) is 0 Å². The van der Waals surface area contributed by atoms with Crippen LogP contribution in [0.5, 0.6) is 11.5 Å². The number of aromatic nitrogens is 1. The van der Waals surface area contributed by atoms with E-state index in [0.29, 0.717) is 0 Å². The van der Waals surface area contributed by atoms with Crippen molar-refractivity contribution in [2.24, 2.45) is 0 Å². The number of rotatable bonds is 3. The number of ether oxygens (including phenoxy) is 2. The number of fused-ring (bicyclic) bond motifs is 1. The molecule has 0 unspecified atom stereocenters. The van der Waals surface area contributed by atoms with Gasteiger partial charge >= 0.3 is 0 Å². The van der Waals surface area contributed by atoms with Gasteiger partial charge in [0.1, 0.15) is 11.5 Å². The van der Waals surface area contributed by atoms with E-state index in [2.05, 4.69) is 23.2 Å². The van der Waals surface area contributed by atoms with Crippen LogP contribution < -0.4 is 9.47 Å². The Morgan fingerprint density at radius 1 is 1.00 bits per heavy atom. The molecule has 0 radical (unpaired) electrons. The van der Waals surface area contributed by atoms with Gasteiger partial charge in [-0.3, -0.25) is 0 Å². The summed E-state index contributed by atoms with van der Waals surface area (Å²) >= 11 is 1.70. The summed E-state index contributed by atoms with van der Waals surface area (Å²) in [5.74, 6) is 1.60. The maximum absolute atomic E-state index is 5.46. The lowest BCUT2D eigenvalue weighted by Crippen LogP contribution is -1.92. The SMILES string of the molecule is COc1cccc(OC)c1-c1ccc2sc(C)nc2c1. The van der Waals surface area contributed by atoms with Gasteiger partial charge in [-0.1, -0.05) is 12.1 Å². The fourth-order valence-electron chi connectivity index (χ4n) is 2.33. The summed E-state index contributed by atoms with van der Waals surface area (Å²) in [5, 5.41) is 1.07. The van der Waals surface area contributed by atoms with Crippen molar-refractivity contribution in [3.63, 3.8) is 0 Å². The fraction of sp³-hybridized carbons (Fsp3) is 0.188. The average molecular weight is 285 g/mol. The summed E-state index contributed by atoms with van der Waals surface area (Å²) in [6.07, 6.45) is 0. The molecule has 20 heavy (non-hydrogen) atoms. The lowest BCUT2D eigenvalue weighted by Gasteiger charge is -2.13. The quantitative estimate of drug-likeness (QED) is 0.719. The minimum atomic E-state index is 0.802. The lowest BCUT2D eigenvalue weighted by molar-refractivity contribution is 0.397. The number of hydrogen-bond donors (Lipinski definition) is 0. The maximum Gasteiger partial charge on any atom is 0.130 e. The Morgan fingerprint density at radius 3 is 2.35 bits per heavy atom. The standard InChI is InChI=1S/C16H15NO2S/c1-10-17-12-9-11(7-8-15(12)20-10)16-13(18-2)5-4-6-14(16)19-3/h4-9H,1-3H3. The minimum Gasteiger partial charge on any atom is -0.496 e. The van der Waals surface area contributed by atoms with Crippen LogP contribution in [0.15, 0.2) is 36.4 Å². The summed E-state index contributed by atoms with van der Waals surface area (Å²) in [6, 6.07) is 12.1. The monoisotopic (exact) mass is 285 g/mol. The first-order valence-electron chi connectivity index (χ1n) is 6.31. The maximum atomic E-state index is 5.46. The molecule has 0 N–H and O–H groups in total. The molecule has 4 heteroatoms. The lowest BCUT2D eigenvalue weighted by atomic mass is 10.0. The molecular formula is C16H15NO2S. The van der Waals surface area contributed by atoms with Crippen LogP contribution in [0, 0.1) is 6.92 Å². The highest BCUT2D eigenvalue weighted by molar-refractivity contribution is 7.18. The van der Waals surface area contributed by atoms with E-state index < -0.39 is 0 Å². The van der Waals surface area contributed by atoms with Crippen molar-refractivity contribution in [2.45, 2.75) is 6.92 Å². The van der Waals surface area contributed by atoms with Crippen molar-refractivity contribution in [2.75, 3.05) is 14.2 Å². The third-order valence-electron chi connectivity index (χ3n) is 3.21. The van der Waals surface area contributed by atoms with E-state index in [1.54, 1.807) is 25.6 Å². The van der Waals surface area contributed by atoms with E-state index in [4.69, 9.17) is 9.47 Å². The van der Waals surface area contributed by atoms with Gasteiger partial charge in [0, 0.05) is 0 Å². The molecule has 0 saturated carbocycles. The van der Waals surface area contributed by atoms with Crippen LogP contribution in [-0.2, 0) is 0 Å². The van der Waals surface area contributed by atoms with Gasteiger partial charge in [0.15, 0.2) is 0 Å². The number of thiazole rings is 1. The van der Waals surface area contributed by atoms with Crippen LogP contribution in [0.3, 0.4) is 0 Å². The van der Waals surface area contributed by atoms with Gasteiger partial charge < -0.3 is 9.47 Å². The predicted octanol–water partition coefficient (Wildman–Crippen LogP) is 4.29. The average Bonchev–Trinajstić information content (AvgIpc) is 2.85. The molecule has 102 valence electrons. The Kier molecular flexibility index (Phi) is 3.32. The van der Waals surface area contributed by atoms with Crippen molar-refractivity contribution < 1.29 is 9.47 Å². The van der Waals surface area contributed by atoms with Gasteiger partial charge in [0.25, 0.3) is 0 Å². The molecule has 2 aromatic carbocycles. The van der Waals surface area contributed by atoms with Crippen LogP contribution in [0.4, 0.5) is 0 Å². The van der Waals surface area contributed by atoms with Crippen molar-refractivity contribution >= 4 is 21.6 Å². The molecule has 0 spiro atoms. The summed E-state index contributed by atoms with van der Waals surface area (Å²) < 4.78 is 12.1. The highest BCUT2D eigenvalue weighted by atomic mass is 32.1. The van der Waals surface area contributed by atoms with Crippen molar-refractivity contribution in [1.29, 1.82) is 0 Å². The Hall–Kier alpha value is -2.07. The van der Waals surface area contributed by atoms with Gasteiger partial charge in [0.05, 0.1) is 35.0 Å². The second kappa shape index (κ2) is 5.13. The molecule has 3 rings (SSSR count). The molecular weight excluding hydrogens is 270 g/mol. The molecule has 3 nitrogen and oxygen atoms in total. The normalized spacial score (nSPS) is 10.8. The number of nitrogens with zero attached hydrogens (tertiary/aromatic N) is 1. The van der Waals surface area contributed by atoms with Crippen LogP contribution in [-0.4, -0.2) is 19.2 Å². The zero-order valence-corrected chi connectivity index (χ0v) is 12.5. The summed E-state index contributed by atoms with van der Waals surface area (Å²) in [4.78, 5) is 4.55. The summed E-state index contributed by atoms with van der Waals surface area (Å²) in [6.45, 7) is 2.02. The number of benzene rings is 2. The molecule has 0 fully saturated rings. The van der Waals surface area contributed by atoms with Crippen LogP contribution in [0.1, 0.15) is 5.01 Å². The van der Waals surface area contributed by atoms with Crippen molar-refractivity contribution in [3.8, 4) is 22.6 Å². The van der Waals surface area contributed by atoms with Gasteiger partial charge in [-0.15, -0.1) is 11.3 Å². The third-order valence-corrected chi connectivity index (χ3v) is 4.16. The van der Waals surface area contributed by atoms with Crippen molar-refractivity contribution in [1.82, 2.24) is 4.98 Å². The van der Waals surface area contributed by atoms with E-state index >= 15 is 0 Å². The van der Waals surface area contributed by atoms with Crippen LogP contribution >= 0.6 is 11.3 Å². The zero-order chi connectivity index (χ0) is 14.1. The third kappa shape index (κ3) is 2.12. The predicted molar refractivity (Wildman–Crippen MR) is 82.9 cm³/mol. The first-order valence-corrected chi connectivity index (χ1v) is 7.13. The summed E-state index contributed by atoms with van der Waals surface area (Å²) in [7, 11) is 3.34. The zero-order valence-electron chi connectivity index (χ0n) is 11.6. The molecule has 0 saturated heterocycles. The second-order valence-electron chi connectivity index (χ2n) is 4.45. The first kappa shape index (κ1) is 12.9. The Bertz CT molecular complexity index is 742. The second-order valence-corrected chi connectivity index (χ2v) is 5.69. The Labute approximate surface area is 121 Å². The molecule has 0 aliphatic heterocycles. The number of hydrogen-bond acceptors (Lipinski definition) is 4. The first-order chi connectivity index (χ1) is 9.72. The molecule has 1 aromatic heterocycles. The molecule has 0 aliphatic carbocycles. The van der Waals surface area contributed by atoms with Crippen molar-refractivity contribution in [3.05, 3.63) is 41.4 Å². The van der Waals surface area contributed by atoms with E-state index in [1.807, 2.05) is 25.1 Å². The van der Waals surface area contributed by atoms with Crippen LogP contribution in [0.25, 0.3) is 21.3 Å². The Balaban J connectivity index is 2.23. The smallest absolute Gasteiger partial charge is 0.130 e. The van der Waals surface area contributed by atoms with E-state index in [0.717, 1.165) is 33.2 Å². The van der Waals surface area contributed by atoms with E-state index in [9.17, 15) is 0 Å². The van der Waals surface area contributed by atoms with E-state index in [-0.39, 0.29) is 0 Å². The number of aryl methyl sites for hydroxylation is 1. The van der Waals surface area contributed by atoms with Gasteiger partial charge in [-0.25, -0.2) is 4.98 Å². The molecule has 0 amide bonds. The fourth-order valence-corrected chi connectivity index (χ4v) is 3.14. The molecule has 1 heterocycles. The van der Waals surface area contributed by atoms with Crippen LogP contribution in [0.2, 0.25) is 0 Å². The largest absolute Gasteiger partial charge is 0.496 e. The molecule has 0 aliphatic rings. The summed E-state index contributed by atoms with van der Waals surface area (Å²) in [5.41, 5.74) is 3.03.